The van der Waals surface area contributed by atoms with Gasteiger partial charge in [0.05, 0.1) is 24.0 Å². The molecule has 0 saturated carbocycles. The van der Waals surface area contributed by atoms with E-state index in [0.717, 1.165) is 50.9 Å². The van der Waals surface area contributed by atoms with Crippen molar-refractivity contribution in [2.45, 2.75) is 58.0 Å². The lowest BCUT2D eigenvalue weighted by atomic mass is 9.97. The van der Waals surface area contributed by atoms with Crippen molar-refractivity contribution in [2.75, 3.05) is 37.0 Å². The summed E-state index contributed by atoms with van der Waals surface area (Å²) < 4.78 is 10.6. The van der Waals surface area contributed by atoms with Crippen LogP contribution in [-0.4, -0.2) is 61.6 Å². The van der Waals surface area contributed by atoms with Gasteiger partial charge in [-0.1, -0.05) is 0 Å². The Bertz CT molecular complexity index is 1080. The summed E-state index contributed by atoms with van der Waals surface area (Å²) in [4.78, 5) is 41.9. The van der Waals surface area contributed by atoms with E-state index in [2.05, 4.69) is 24.1 Å². The maximum Gasteiger partial charge on any atom is 0.337 e. The van der Waals surface area contributed by atoms with Crippen LogP contribution in [0, 0.1) is 0 Å². The van der Waals surface area contributed by atoms with E-state index in [1.54, 1.807) is 36.4 Å². The van der Waals surface area contributed by atoms with Crippen LogP contribution in [0.3, 0.4) is 0 Å². The molecule has 0 radical (unpaired) electrons. The fourth-order valence-electron chi connectivity index (χ4n) is 5.14. The van der Waals surface area contributed by atoms with Crippen LogP contribution in [0.1, 0.15) is 66.7 Å². The van der Waals surface area contributed by atoms with Crippen LogP contribution in [0.4, 0.5) is 11.4 Å². The third kappa shape index (κ3) is 5.80. The molecule has 2 saturated heterocycles. The Morgan fingerprint density at radius 1 is 0.917 bits per heavy atom. The van der Waals surface area contributed by atoms with Crippen molar-refractivity contribution >= 4 is 29.2 Å². The quantitative estimate of drug-likeness (QED) is 0.572. The summed E-state index contributed by atoms with van der Waals surface area (Å²) in [7, 11) is 1.33. The van der Waals surface area contributed by atoms with Gasteiger partial charge in [0.15, 0.2) is 6.61 Å². The molecule has 0 spiro atoms. The monoisotopic (exact) mass is 493 g/mol. The highest BCUT2D eigenvalue weighted by Gasteiger charge is 2.29. The van der Waals surface area contributed by atoms with Gasteiger partial charge >= 0.3 is 5.97 Å². The zero-order valence-corrected chi connectivity index (χ0v) is 21.3. The summed E-state index contributed by atoms with van der Waals surface area (Å²) >= 11 is 0. The number of carbonyl (C=O) groups is 3. The highest BCUT2D eigenvalue weighted by atomic mass is 16.5. The Balaban J connectivity index is 1.42. The molecule has 4 rings (SSSR count). The van der Waals surface area contributed by atoms with Gasteiger partial charge in [-0.15, -0.1) is 0 Å². The summed E-state index contributed by atoms with van der Waals surface area (Å²) in [5.41, 5.74) is 2.28. The van der Waals surface area contributed by atoms with Crippen molar-refractivity contribution in [2.24, 2.45) is 0 Å². The number of hydrogen-bond donors (Lipinski definition) is 1. The molecule has 2 unspecified atom stereocenters. The topological polar surface area (TPSA) is 88.2 Å². The van der Waals surface area contributed by atoms with Crippen LogP contribution in [0.2, 0.25) is 0 Å². The normalized spacial score (nSPS) is 19.6. The number of benzene rings is 2. The van der Waals surface area contributed by atoms with Crippen LogP contribution in [-0.2, 0) is 9.53 Å². The second-order valence-electron chi connectivity index (χ2n) is 9.61. The van der Waals surface area contributed by atoms with Gasteiger partial charge in [-0.3, -0.25) is 9.59 Å². The number of nitrogens with one attached hydrogen (secondary N) is 1. The number of likely N-dealkylation sites (tertiary alicyclic amines) is 1. The molecule has 2 aromatic rings. The Kier molecular flexibility index (Phi) is 8.13. The molecule has 36 heavy (non-hydrogen) atoms. The van der Waals surface area contributed by atoms with Crippen LogP contribution in [0.5, 0.6) is 5.75 Å². The van der Waals surface area contributed by atoms with Crippen LogP contribution in [0.25, 0.3) is 0 Å². The Morgan fingerprint density at radius 3 is 2.19 bits per heavy atom. The smallest absolute Gasteiger partial charge is 0.337 e. The summed E-state index contributed by atoms with van der Waals surface area (Å²) in [6, 6.07) is 12.4. The van der Waals surface area contributed by atoms with E-state index >= 15 is 0 Å². The zero-order chi connectivity index (χ0) is 25.7. The van der Waals surface area contributed by atoms with Gasteiger partial charge in [-0.25, -0.2) is 4.79 Å². The first kappa shape index (κ1) is 25.5. The number of rotatable bonds is 7. The molecule has 0 aromatic heterocycles. The number of nitrogens with zero attached hydrogens (tertiary/aromatic N) is 2. The largest absolute Gasteiger partial charge is 0.484 e. The van der Waals surface area contributed by atoms with E-state index in [1.165, 1.54) is 7.11 Å². The van der Waals surface area contributed by atoms with Crippen LogP contribution in [0.15, 0.2) is 42.5 Å². The van der Waals surface area contributed by atoms with Gasteiger partial charge in [0, 0.05) is 30.7 Å². The van der Waals surface area contributed by atoms with E-state index in [9.17, 15) is 14.4 Å². The van der Waals surface area contributed by atoms with Crippen molar-refractivity contribution in [1.82, 2.24) is 4.90 Å². The van der Waals surface area contributed by atoms with E-state index in [4.69, 9.17) is 9.47 Å². The second-order valence-corrected chi connectivity index (χ2v) is 9.61. The number of hydrogen-bond acceptors (Lipinski definition) is 6. The van der Waals surface area contributed by atoms with Gasteiger partial charge < -0.3 is 24.6 Å². The van der Waals surface area contributed by atoms with Gasteiger partial charge in [0.25, 0.3) is 11.8 Å². The fraction of sp³-hybridized carbons (Fsp3) is 0.464. The van der Waals surface area contributed by atoms with Gasteiger partial charge in [-0.05, 0) is 88.4 Å². The van der Waals surface area contributed by atoms with Crippen molar-refractivity contribution < 1.29 is 23.9 Å². The predicted octanol–water partition coefficient (Wildman–Crippen LogP) is 4.49. The number of carbonyl (C=O) groups excluding carboxylic acids is 3. The van der Waals surface area contributed by atoms with Crippen molar-refractivity contribution in [3.63, 3.8) is 0 Å². The first-order valence-corrected chi connectivity index (χ1v) is 12.7. The number of esters is 1. The third-order valence-electron chi connectivity index (χ3n) is 7.07. The first-order chi connectivity index (χ1) is 17.4. The van der Waals surface area contributed by atoms with Crippen molar-refractivity contribution in [3.8, 4) is 5.75 Å². The summed E-state index contributed by atoms with van der Waals surface area (Å²) in [6.45, 7) is 5.94. The molecule has 8 nitrogen and oxygen atoms in total. The molecular formula is C28H35N3O5. The lowest BCUT2D eigenvalue weighted by Gasteiger charge is -2.38. The number of methoxy groups -OCH3 is 1. The van der Waals surface area contributed by atoms with Gasteiger partial charge in [-0.2, -0.15) is 0 Å². The van der Waals surface area contributed by atoms with Crippen LogP contribution >= 0.6 is 0 Å². The molecule has 192 valence electrons. The van der Waals surface area contributed by atoms with Crippen molar-refractivity contribution in [1.29, 1.82) is 0 Å². The lowest BCUT2D eigenvalue weighted by molar-refractivity contribution is -0.139. The molecule has 8 heteroatoms. The number of piperidine rings is 1. The van der Waals surface area contributed by atoms with Gasteiger partial charge in [0.1, 0.15) is 5.75 Å². The maximum atomic E-state index is 13.0. The summed E-state index contributed by atoms with van der Waals surface area (Å²) in [6.07, 6.45) is 5.35. The fourth-order valence-corrected chi connectivity index (χ4v) is 5.14. The molecule has 2 heterocycles. The Morgan fingerprint density at radius 2 is 1.56 bits per heavy atom. The number of ether oxygens (including phenoxy) is 2. The minimum atomic E-state index is -0.456. The molecule has 2 aliphatic heterocycles. The molecule has 0 bridgehead atoms. The highest BCUT2D eigenvalue weighted by Crippen LogP contribution is 2.31. The van der Waals surface area contributed by atoms with E-state index in [-0.39, 0.29) is 30.5 Å². The Hall–Kier alpha value is -3.55. The second kappa shape index (κ2) is 11.5. The minimum Gasteiger partial charge on any atom is -0.484 e. The SMILES string of the molecule is COC(=O)c1ccc(N2CCCC2)c(NC(=O)c2ccc(OCC(=O)N3C(C)CCCC3C)cc2)c1. The molecule has 2 aliphatic rings. The minimum absolute atomic E-state index is 0.0172. The van der Waals surface area contributed by atoms with Gasteiger partial charge in [0.2, 0.25) is 0 Å². The number of anilines is 2. The average molecular weight is 494 g/mol. The van der Waals surface area contributed by atoms with Crippen LogP contribution < -0.4 is 15.0 Å². The summed E-state index contributed by atoms with van der Waals surface area (Å²) in [5, 5.41) is 2.96. The Labute approximate surface area is 212 Å². The van der Waals surface area contributed by atoms with Crippen molar-refractivity contribution in [3.05, 3.63) is 53.6 Å². The molecule has 0 aliphatic carbocycles. The molecule has 2 aromatic carbocycles. The average Bonchev–Trinajstić information content (AvgIpc) is 3.42. The molecule has 2 atom stereocenters. The van der Waals surface area contributed by atoms with E-state index in [1.807, 2.05) is 11.0 Å². The predicted molar refractivity (Wildman–Crippen MR) is 139 cm³/mol. The lowest BCUT2D eigenvalue weighted by Crippen LogP contribution is -2.49. The van der Waals surface area contributed by atoms with E-state index < -0.39 is 5.97 Å². The molecule has 1 N–H and O–H groups in total. The first-order valence-electron chi connectivity index (χ1n) is 12.7. The standard InChI is InChI=1S/C28H35N3O5/c1-19-7-6-8-20(2)31(19)26(32)18-36-23-12-9-21(10-13-23)27(33)29-24-17-22(28(34)35-3)11-14-25(24)30-15-4-5-16-30/h9-14,17,19-20H,4-8,15-16,18H2,1-3H3,(H,29,33). The number of amides is 2. The van der Waals surface area contributed by atoms with E-state index in [0.29, 0.717) is 22.6 Å². The third-order valence-corrected chi connectivity index (χ3v) is 7.07. The molecular weight excluding hydrogens is 458 g/mol. The maximum absolute atomic E-state index is 13.0. The zero-order valence-electron chi connectivity index (χ0n) is 21.3. The summed E-state index contributed by atoms with van der Waals surface area (Å²) in [5.74, 6) is -0.238. The molecule has 2 amide bonds. The molecule has 2 fully saturated rings. The highest BCUT2D eigenvalue weighted by molar-refractivity contribution is 6.07.